The fourth-order valence-electron chi connectivity index (χ4n) is 8.23. The summed E-state index contributed by atoms with van der Waals surface area (Å²) in [6.07, 6.45) is 16.8. The molecule has 0 saturated heterocycles. The van der Waals surface area contributed by atoms with Crippen LogP contribution in [0.15, 0.2) is 181 Å². The topological polar surface area (TPSA) is 82.5 Å². The van der Waals surface area contributed by atoms with Crippen molar-refractivity contribution in [1.82, 2.24) is 29.5 Å². The van der Waals surface area contributed by atoms with Gasteiger partial charge >= 0.3 is 0 Å². The zero-order valence-electron chi connectivity index (χ0n) is 30.1. The van der Waals surface area contributed by atoms with E-state index in [0.29, 0.717) is 17.5 Å². The molecule has 56 heavy (non-hydrogen) atoms. The fourth-order valence-corrected chi connectivity index (χ4v) is 8.23. The summed E-state index contributed by atoms with van der Waals surface area (Å²) in [7, 11) is 0. The van der Waals surface area contributed by atoms with Crippen molar-refractivity contribution in [3.63, 3.8) is 0 Å². The van der Waals surface area contributed by atoms with Gasteiger partial charge < -0.3 is 8.98 Å². The third-order valence-electron chi connectivity index (χ3n) is 10.8. The van der Waals surface area contributed by atoms with Crippen LogP contribution >= 0.6 is 0 Å². The minimum Gasteiger partial charge on any atom is -0.456 e. The zero-order chi connectivity index (χ0) is 37.0. The molecule has 5 heterocycles. The van der Waals surface area contributed by atoms with Crippen molar-refractivity contribution in [2.24, 2.45) is 0 Å². The Labute approximate surface area is 322 Å². The fraction of sp³-hybridized carbons (Fsp3) is 0.0408. The van der Waals surface area contributed by atoms with E-state index in [0.717, 1.165) is 72.9 Å². The summed E-state index contributed by atoms with van der Waals surface area (Å²) in [4.78, 5) is 23.8. The van der Waals surface area contributed by atoms with Gasteiger partial charge in [0.05, 0.1) is 22.1 Å². The number of pyridine rings is 2. The summed E-state index contributed by atoms with van der Waals surface area (Å²) in [5.74, 6) is 1.82. The van der Waals surface area contributed by atoms with Crippen LogP contribution in [-0.2, 0) is 0 Å². The average Bonchev–Trinajstić information content (AvgIpc) is 3.83. The number of furan rings is 1. The largest absolute Gasteiger partial charge is 0.456 e. The summed E-state index contributed by atoms with van der Waals surface area (Å²) in [6.45, 7) is 0. The molecule has 11 rings (SSSR count). The molecular formula is C49H32N6O. The Balaban J connectivity index is 1.28. The molecule has 0 spiro atoms. The van der Waals surface area contributed by atoms with Crippen LogP contribution in [0.1, 0.15) is 17.9 Å². The van der Waals surface area contributed by atoms with Crippen LogP contribution in [-0.4, -0.2) is 29.5 Å². The van der Waals surface area contributed by atoms with Gasteiger partial charge in [0.15, 0.2) is 17.5 Å². The number of allylic oxidation sites excluding steroid dienone is 4. The van der Waals surface area contributed by atoms with Crippen LogP contribution in [0.5, 0.6) is 0 Å². The molecule has 5 aromatic carbocycles. The van der Waals surface area contributed by atoms with Gasteiger partial charge in [-0.15, -0.1) is 0 Å². The van der Waals surface area contributed by atoms with Crippen molar-refractivity contribution in [1.29, 1.82) is 0 Å². The lowest BCUT2D eigenvalue weighted by molar-refractivity contribution is 0.669. The van der Waals surface area contributed by atoms with E-state index in [1.807, 2.05) is 30.3 Å². The Morgan fingerprint density at radius 1 is 0.536 bits per heavy atom. The maximum Gasteiger partial charge on any atom is 0.164 e. The lowest BCUT2D eigenvalue weighted by atomic mass is 9.86. The highest BCUT2D eigenvalue weighted by Crippen LogP contribution is 2.46. The van der Waals surface area contributed by atoms with Gasteiger partial charge in [-0.2, -0.15) is 0 Å². The maximum absolute atomic E-state index is 6.52. The Kier molecular flexibility index (Phi) is 7.48. The third kappa shape index (κ3) is 5.24. The smallest absolute Gasteiger partial charge is 0.164 e. The number of nitrogens with zero attached hydrogens (tertiary/aromatic N) is 6. The summed E-state index contributed by atoms with van der Waals surface area (Å²) in [5, 5.41) is 4.55. The van der Waals surface area contributed by atoms with Gasteiger partial charge in [0, 0.05) is 69.1 Å². The van der Waals surface area contributed by atoms with Crippen molar-refractivity contribution < 1.29 is 4.42 Å². The summed E-state index contributed by atoms with van der Waals surface area (Å²) >= 11 is 0. The van der Waals surface area contributed by atoms with E-state index in [1.165, 1.54) is 16.3 Å². The summed E-state index contributed by atoms with van der Waals surface area (Å²) in [5.41, 5.74) is 11.1. The first-order chi connectivity index (χ1) is 27.8. The number of hydrogen-bond donors (Lipinski definition) is 0. The number of hydrogen-bond acceptors (Lipinski definition) is 6. The molecule has 1 aliphatic rings. The SMILES string of the molecule is C1=CCC(c2cc(-c3nc(-c4ccncc4)nc(-c4ccncc4)n3)cc(-c3ccccc3)c2-n2c3ccccc3c3ccc4oc5ccccc5c4c32)C=C1. The molecule has 0 fully saturated rings. The second-order valence-electron chi connectivity index (χ2n) is 14.0. The predicted octanol–water partition coefficient (Wildman–Crippen LogP) is 11.9. The van der Waals surface area contributed by atoms with Crippen LogP contribution in [0.25, 0.3) is 94.7 Å². The molecular weight excluding hydrogens is 689 g/mol. The molecule has 1 unspecified atom stereocenters. The molecule has 7 nitrogen and oxygen atoms in total. The van der Waals surface area contributed by atoms with E-state index in [9.17, 15) is 0 Å². The number of aromatic nitrogens is 6. The first kappa shape index (κ1) is 32.0. The molecule has 0 aliphatic heterocycles. The molecule has 0 bridgehead atoms. The van der Waals surface area contributed by atoms with Gasteiger partial charge in [-0.1, -0.05) is 91.0 Å². The van der Waals surface area contributed by atoms with E-state index >= 15 is 0 Å². The van der Waals surface area contributed by atoms with Crippen LogP contribution in [0, 0.1) is 0 Å². The molecule has 10 aromatic rings. The quantitative estimate of drug-likeness (QED) is 0.170. The maximum atomic E-state index is 6.52. The highest BCUT2D eigenvalue weighted by molar-refractivity contribution is 6.24. The molecule has 264 valence electrons. The second kappa shape index (κ2) is 13.1. The van der Waals surface area contributed by atoms with Crippen molar-refractivity contribution in [2.75, 3.05) is 0 Å². The van der Waals surface area contributed by atoms with Crippen LogP contribution in [0.2, 0.25) is 0 Å². The van der Waals surface area contributed by atoms with Crippen LogP contribution in [0.3, 0.4) is 0 Å². The Hall–Kier alpha value is -7.51. The Morgan fingerprint density at radius 3 is 1.91 bits per heavy atom. The molecule has 1 aliphatic carbocycles. The number of fused-ring (bicyclic) bond motifs is 7. The van der Waals surface area contributed by atoms with Crippen molar-refractivity contribution in [3.05, 3.63) is 182 Å². The monoisotopic (exact) mass is 720 g/mol. The predicted molar refractivity (Wildman–Crippen MR) is 224 cm³/mol. The van der Waals surface area contributed by atoms with E-state index in [2.05, 4.69) is 136 Å². The number of rotatable bonds is 6. The van der Waals surface area contributed by atoms with Crippen molar-refractivity contribution in [2.45, 2.75) is 12.3 Å². The third-order valence-corrected chi connectivity index (χ3v) is 10.8. The number of benzene rings is 5. The highest BCUT2D eigenvalue weighted by Gasteiger charge is 2.27. The normalized spacial score (nSPS) is 14.0. The summed E-state index contributed by atoms with van der Waals surface area (Å²) in [6, 6.07) is 44.3. The number of para-hydroxylation sites is 2. The molecule has 7 heteroatoms. The first-order valence-electron chi connectivity index (χ1n) is 18.8. The highest BCUT2D eigenvalue weighted by atomic mass is 16.3. The van der Waals surface area contributed by atoms with Gasteiger partial charge in [-0.05, 0) is 78.2 Å². The Bertz CT molecular complexity index is 3110. The van der Waals surface area contributed by atoms with Gasteiger partial charge in [-0.25, -0.2) is 15.0 Å². The zero-order valence-corrected chi connectivity index (χ0v) is 30.1. The van der Waals surface area contributed by atoms with Crippen molar-refractivity contribution in [3.8, 4) is 51.0 Å². The van der Waals surface area contributed by atoms with Gasteiger partial charge in [0.2, 0.25) is 0 Å². The van der Waals surface area contributed by atoms with Gasteiger partial charge in [-0.3, -0.25) is 9.97 Å². The lowest BCUT2D eigenvalue weighted by Crippen LogP contribution is -2.09. The van der Waals surface area contributed by atoms with Crippen molar-refractivity contribution >= 4 is 43.7 Å². The molecule has 0 N–H and O–H groups in total. The lowest BCUT2D eigenvalue weighted by Gasteiger charge is -2.25. The van der Waals surface area contributed by atoms with E-state index in [4.69, 9.17) is 19.4 Å². The molecule has 0 radical (unpaired) electrons. The minimum atomic E-state index is 0.0788. The van der Waals surface area contributed by atoms with Gasteiger partial charge in [0.1, 0.15) is 11.2 Å². The standard InChI is InChI=1S/C49H32N6O/c1-3-11-31(12-4-1)39-29-35(49-53-47(33-21-25-50-26-22-33)52-48(54-49)34-23-27-51-28-24-34)30-40(32-13-5-2-6-14-32)45(39)55-41-17-9-7-15-36(41)37-19-20-43-44(46(37)55)38-16-8-10-18-42(38)56-43/h1-13,15-30,32H,14H2. The molecule has 5 aromatic heterocycles. The van der Waals surface area contributed by atoms with Crippen LogP contribution in [0.4, 0.5) is 0 Å². The van der Waals surface area contributed by atoms with Crippen LogP contribution < -0.4 is 0 Å². The van der Waals surface area contributed by atoms with E-state index in [1.54, 1.807) is 24.8 Å². The minimum absolute atomic E-state index is 0.0788. The van der Waals surface area contributed by atoms with Gasteiger partial charge in [0.25, 0.3) is 0 Å². The average molecular weight is 721 g/mol. The van der Waals surface area contributed by atoms with E-state index in [-0.39, 0.29) is 5.92 Å². The molecule has 1 atom stereocenters. The van der Waals surface area contributed by atoms with E-state index < -0.39 is 0 Å². The molecule has 0 saturated carbocycles. The summed E-state index contributed by atoms with van der Waals surface area (Å²) < 4.78 is 9.00. The first-order valence-corrected chi connectivity index (χ1v) is 18.8. The Morgan fingerprint density at radius 2 is 1.20 bits per heavy atom. The second-order valence-corrected chi connectivity index (χ2v) is 14.0. The molecule has 0 amide bonds.